The highest BCUT2D eigenvalue weighted by Gasteiger charge is 2.35. The molecule has 9 nitrogen and oxygen atoms in total. The van der Waals surface area contributed by atoms with E-state index in [-0.39, 0.29) is 19.1 Å². The fraction of sp³-hybridized carbons (Fsp3) is 0.417. The second-order valence-corrected chi connectivity index (χ2v) is 10.00. The van der Waals surface area contributed by atoms with Gasteiger partial charge in [-0.15, -0.1) is 11.3 Å². The number of hydrogen-bond donors (Lipinski definition) is 1. The highest BCUT2D eigenvalue weighted by molar-refractivity contribution is 9.10. The normalized spacial score (nSPS) is 20.6. The summed E-state index contributed by atoms with van der Waals surface area (Å²) in [4.78, 5) is 37.6. The third-order valence-electron chi connectivity index (χ3n) is 5.88. The number of morpholine rings is 1. The third-order valence-corrected chi connectivity index (χ3v) is 7.34. The number of carbonyl (C=O) groups is 2. The molecule has 2 aliphatic rings. The van der Waals surface area contributed by atoms with Crippen molar-refractivity contribution in [3.63, 3.8) is 0 Å². The van der Waals surface area contributed by atoms with Crippen molar-refractivity contribution in [1.82, 2.24) is 14.8 Å². The van der Waals surface area contributed by atoms with Gasteiger partial charge >= 0.3 is 11.9 Å². The molecule has 0 radical (unpaired) electrons. The van der Waals surface area contributed by atoms with Crippen LogP contribution in [0.15, 0.2) is 51.0 Å². The van der Waals surface area contributed by atoms with Crippen molar-refractivity contribution in [3.05, 3.63) is 62.4 Å². The van der Waals surface area contributed by atoms with Gasteiger partial charge in [0, 0.05) is 41.3 Å². The summed E-state index contributed by atoms with van der Waals surface area (Å²) in [5, 5.41) is 11.7. The van der Waals surface area contributed by atoms with Gasteiger partial charge in [0.25, 0.3) is 0 Å². The predicted molar refractivity (Wildman–Crippen MR) is 135 cm³/mol. The molecule has 2 unspecified atom stereocenters. The van der Waals surface area contributed by atoms with Crippen LogP contribution in [0.25, 0.3) is 0 Å². The quantitative estimate of drug-likeness (QED) is 0.446. The van der Waals surface area contributed by atoms with E-state index in [1.165, 1.54) is 23.5 Å². The van der Waals surface area contributed by atoms with E-state index >= 15 is 0 Å². The summed E-state index contributed by atoms with van der Waals surface area (Å²) in [5.41, 5.74) is 0.926. The lowest BCUT2D eigenvalue weighted by Crippen LogP contribution is -2.51. The van der Waals surface area contributed by atoms with Gasteiger partial charge in [-0.05, 0) is 31.0 Å². The standard InChI is InChI=1S/C24H26BrFN4O5S/c1-2-35-24(33)18-12-30(14-29-8-9-34-13-16(29)4-6-20(31)32)22(23-27-7-10-36-23)28-21(18)17-5-3-15(26)11-19(17)25/h3,5,7,10-12,16,21H,2,4,6,8-9,13-14H2,1H3,(H,31,32). The molecule has 1 aromatic carbocycles. The van der Waals surface area contributed by atoms with Crippen LogP contribution in [0.4, 0.5) is 4.39 Å². The number of amidine groups is 1. The monoisotopic (exact) mass is 580 g/mol. The first-order valence-corrected chi connectivity index (χ1v) is 13.2. The molecule has 0 amide bonds. The van der Waals surface area contributed by atoms with Crippen molar-refractivity contribution in [3.8, 4) is 0 Å². The average Bonchev–Trinajstić information content (AvgIpc) is 3.38. The van der Waals surface area contributed by atoms with E-state index in [2.05, 4.69) is 25.8 Å². The van der Waals surface area contributed by atoms with Gasteiger partial charge < -0.3 is 19.5 Å². The number of halogens is 2. The minimum absolute atomic E-state index is 0.0303. The maximum absolute atomic E-state index is 13.8. The molecular weight excluding hydrogens is 555 g/mol. The largest absolute Gasteiger partial charge is 0.481 e. The van der Waals surface area contributed by atoms with Crippen molar-refractivity contribution in [1.29, 1.82) is 0 Å². The molecular formula is C24H26BrFN4O5S. The SMILES string of the molecule is CCOC(=O)C1=CN(CN2CCOCC2CCC(=O)O)C(c2nccs2)=NC1c1ccc(F)cc1Br. The number of esters is 1. The molecule has 1 aromatic heterocycles. The van der Waals surface area contributed by atoms with Gasteiger partial charge in [0.05, 0.1) is 32.1 Å². The van der Waals surface area contributed by atoms with Gasteiger partial charge in [-0.2, -0.15) is 0 Å². The Balaban J connectivity index is 1.73. The number of carbonyl (C=O) groups excluding carboxylic acids is 1. The van der Waals surface area contributed by atoms with Crippen LogP contribution in [-0.2, 0) is 19.1 Å². The lowest BCUT2D eigenvalue weighted by Gasteiger charge is -2.40. The fourth-order valence-corrected chi connectivity index (χ4v) is 5.37. The lowest BCUT2D eigenvalue weighted by molar-refractivity contribution is -0.139. The van der Waals surface area contributed by atoms with Gasteiger partial charge in [0.1, 0.15) is 11.9 Å². The molecule has 36 heavy (non-hydrogen) atoms. The number of aromatic nitrogens is 1. The molecule has 2 aromatic rings. The molecule has 1 saturated heterocycles. The smallest absolute Gasteiger partial charge is 0.338 e. The van der Waals surface area contributed by atoms with Gasteiger partial charge in [0.2, 0.25) is 0 Å². The van der Waals surface area contributed by atoms with Crippen LogP contribution >= 0.6 is 27.3 Å². The van der Waals surface area contributed by atoms with Crippen LogP contribution in [-0.4, -0.2) is 76.7 Å². The number of aliphatic imine (C=N–C) groups is 1. The predicted octanol–water partition coefficient (Wildman–Crippen LogP) is 3.82. The minimum Gasteiger partial charge on any atom is -0.481 e. The number of benzene rings is 1. The number of hydrogen-bond acceptors (Lipinski definition) is 9. The van der Waals surface area contributed by atoms with E-state index in [1.54, 1.807) is 25.4 Å². The number of thiazole rings is 1. The number of ether oxygens (including phenoxy) is 2. The fourth-order valence-electron chi connectivity index (χ4n) is 4.15. The molecule has 2 atom stereocenters. The summed E-state index contributed by atoms with van der Waals surface area (Å²) in [6.07, 6.45) is 3.86. The van der Waals surface area contributed by atoms with Gasteiger partial charge in [-0.25, -0.2) is 14.2 Å². The summed E-state index contributed by atoms with van der Waals surface area (Å²) in [6, 6.07) is 3.43. The van der Waals surface area contributed by atoms with Crippen molar-refractivity contribution < 1.29 is 28.6 Å². The number of carboxylic acid groups (broad SMARTS) is 1. The van der Waals surface area contributed by atoms with E-state index < -0.39 is 23.8 Å². The third kappa shape index (κ3) is 6.17. The second-order valence-electron chi connectivity index (χ2n) is 8.25. The number of rotatable bonds is 9. The zero-order valence-corrected chi connectivity index (χ0v) is 22.0. The van der Waals surface area contributed by atoms with Crippen LogP contribution < -0.4 is 0 Å². The summed E-state index contributed by atoms with van der Waals surface area (Å²) >= 11 is 4.83. The Morgan fingerprint density at radius 1 is 1.39 bits per heavy atom. The highest BCUT2D eigenvalue weighted by atomic mass is 79.9. The van der Waals surface area contributed by atoms with Crippen LogP contribution in [0.5, 0.6) is 0 Å². The van der Waals surface area contributed by atoms with Gasteiger partial charge in [0.15, 0.2) is 10.8 Å². The molecule has 1 N–H and O–H groups in total. The van der Waals surface area contributed by atoms with Crippen LogP contribution in [0.3, 0.4) is 0 Å². The van der Waals surface area contributed by atoms with Crippen molar-refractivity contribution in [2.45, 2.75) is 31.8 Å². The lowest BCUT2D eigenvalue weighted by atomic mass is 9.98. The molecule has 192 valence electrons. The Bertz CT molecular complexity index is 1160. The Hall–Kier alpha value is -2.67. The van der Waals surface area contributed by atoms with Crippen molar-refractivity contribution >= 4 is 45.0 Å². The van der Waals surface area contributed by atoms with E-state index in [4.69, 9.17) is 19.6 Å². The molecule has 3 heterocycles. The number of nitrogens with zero attached hydrogens (tertiary/aromatic N) is 4. The van der Waals surface area contributed by atoms with Gasteiger partial charge in [-0.3, -0.25) is 14.7 Å². The molecule has 0 spiro atoms. The first kappa shape index (κ1) is 26.4. The molecule has 1 fully saturated rings. The second kappa shape index (κ2) is 12.0. The van der Waals surface area contributed by atoms with E-state index in [0.717, 1.165) is 0 Å². The summed E-state index contributed by atoms with van der Waals surface area (Å²) in [5.74, 6) is -1.23. The molecule has 4 rings (SSSR count). The summed E-state index contributed by atoms with van der Waals surface area (Å²) < 4.78 is 25.3. The van der Waals surface area contributed by atoms with Crippen LogP contribution in [0.1, 0.15) is 36.4 Å². The topological polar surface area (TPSA) is 105 Å². The van der Waals surface area contributed by atoms with E-state index in [1.807, 2.05) is 10.3 Å². The van der Waals surface area contributed by atoms with Gasteiger partial charge in [-0.1, -0.05) is 22.0 Å². The van der Waals surface area contributed by atoms with Crippen LogP contribution in [0.2, 0.25) is 0 Å². The maximum atomic E-state index is 13.8. The first-order valence-electron chi connectivity index (χ1n) is 11.5. The molecule has 12 heteroatoms. The number of aliphatic carboxylic acids is 1. The van der Waals surface area contributed by atoms with E-state index in [0.29, 0.717) is 59.3 Å². The minimum atomic E-state index is -0.860. The van der Waals surface area contributed by atoms with Crippen LogP contribution in [0, 0.1) is 5.82 Å². The number of carboxylic acids is 1. The Morgan fingerprint density at radius 3 is 2.92 bits per heavy atom. The molecule has 0 aliphatic carbocycles. The highest BCUT2D eigenvalue weighted by Crippen LogP contribution is 2.37. The maximum Gasteiger partial charge on any atom is 0.338 e. The summed E-state index contributed by atoms with van der Waals surface area (Å²) in [6.45, 7) is 3.81. The summed E-state index contributed by atoms with van der Waals surface area (Å²) in [7, 11) is 0. The molecule has 0 saturated carbocycles. The average molecular weight is 581 g/mol. The molecule has 2 aliphatic heterocycles. The Morgan fingerprint density at radius 2 is 2.22 bits per heavy atom. The van der Waals surface area contributed by atoms with Crippen molar-refractivity contribution in [2.75, 3.05) is 33.0 Å². The first-order chi connectivity index (χ1) is 17.4. The van der Waals surface area contributed by atoms with E-state index in [9.17, 15) is 14.0 Å². The zero-order chi connectivity index (χ0) is 25.7. The Kier molecular flexibility index (Phi) is 8.83. The Labute approximate surface area is 220 Å². The van der Waals surface area contributed by atoms with Crippen molar-refractivity contribution in [2.24, 2.45) is 4.99 Å². The molecule has 0 bridgehead atoms. The zero-order valence-electron chi connectivity index (χ0n) is 19.6.